The first-order chi connectivity index (χ1) is 19.6. The van der Waals surface area contributed by atoms with Gasteiger partial charge < -0.3 is 41.2 Å². The number of fused-ring (bicyclic) bond motifs is 23. The second kappa shape index (κ2) is 19.9. The Labute approximate surface area is 254 Å². The van der Waals surface area contributed by atoms with Crippen LogP contribution in [-0.2, 0) is 25.6 Å². The zero-order valence-corrected chi connectivity index (χ0v) is 25.9. The lowest BCUT2D eigenvalue weighted by Crippen LogP contribution is -2.57. The number of halogens is 1. The molecule has 1 aromatic rings. The first-order valence-electron chi connectivity index (χ1n) is 14.4. The monoisotopic (exact) mass is 613 g/mol. The lowest BCUT2D eigenvalue weighted by Gasteiger charge is -2.25. The molecule has 4 amide bonds. The van der Waals surface area contributed by atoms with Crippen LogP contribution < -0.4 is 36.1 Å². The van der Waals surface area contributed by atoms with Gasteiger partial charge in [-0.1, -0.05) is 19.9 Å². The van der Waals surface area contributed by atoms with Crippen molar-refractivity contribution in [2.75, 3.05) is 39.9 Å². The Morgan fingerprint density at radius 3 is 2.29 bits per heavy atom. The van der Waals surface area contributed by atoms with Crippen LogP contribution in [0.25, 0.3) is 0 Å². The average Bonchev–Trinajstić information content (AvgIpc) is 2.93. The van der Waals surface area contributed by atoms with Gasteiger partial charge in [0, 0.05) is 19.5 Å². The number of hydrogen-bond donors (Lipinski definition) is 6. The summed E-state index contributed by atoms with van der Waals surface area (Å²) in [5.41, 5.74) is 0.818. The van der Waals surface area contributed by atoms with Crippen molar-refractivity contribution in [1.29, 1.82) is 0 Å². The number of nitrogens with one attached hydrogen (secondary N) is 5. The fraction of sp³-hybridized carbons (Fsp3) is 0.655. The number of carbonyl (C=O) groups excluding carboxylic acids is 4. The minimum absolute atomic E-state index is 0. The highest BCUT2D eigenvalue weighted by Gasteiger charge is 2.30. The minimum Gasteiger partial charge on any atom is -0.493 e. The predicted molar refractivity (Wildman–Crippen MR) is 162 cm³/mol. The molecule has 0 radical (unpaired) electrons. The Bertz CT molecular complexity index is 1010. The molecule has 0 unspecified atom stereocenters. The summed E-state index contributed by atoms with van der Waals surface area (Å²) < 4.78 is 11.1. The van der Waals surface area contributed by atoms with Crippen molar-refractivity contribution in [2.24, 2.45) is 5.92 Å². The molecule has 2 aliphatic rings. The van der Waals surface area contributed by atoms with Gasteiger partial charge in [0.1, 0.15) is 12.1 Å². The Kier molecular flexibility index (Phi) is 17.5. The van der Waals surface area contributed by atoms with Gasteiger partial charge in [0.05, 0.1) is 13.2 Å². The molecule has 1 aromatic carbocycles. The molecular weight excluding hydrogens is 566 g/mol. The summed E-state index contributed by atoms with van der Waals surface area (Å²) in [5, 5.41) is 24.5. The first kappa shape index (κ1) is 36.9. The molecule has 3 rings (SSSR count). The standard InChI is InChI=1S/C29H47N5O7.ClH/c1-19(2)16-22-28(38)34-27(20(3)35)29(39)32-14-6-5-12-30-13-7-15-31-26(37)18-41-23-10-8-21(17-24(23)40-4)9-11-25(36)33-22;/h8,10,17,19-20,22,27,30,35H,5-7,9,11-16,18H2,1-4H3,(H,31,37)(H,32,39)(H,33,36)(H,34,38);1H/t20-,22-,27+;/m1./s1. The number of aryl methyl sites for hydroxylation is 1. The number of carbonyl (C=O) groups is 4. The van der Waals surface area contributed by atoms with E-state index in [0.717, 1.165) is 31.5 Å². The lowest BCUT2D eigenvalue weighted by molar-refractivity contribution is -0.134. The van der Waals surface area contributed by atoms with Crippen molar-refractivity contribution in [2.45, 2.75) is 77.5 Å². The van der Waals surface area contributed by atoms with Crippen molar-refractivity contribution in [1.82, 2.24) is 26.6 Å². The number of rotatable bonds is 4. The van der Waals surface area contributed by atoms with Crippen LogP contribution in [0.3, 0.4) is 0 Å². The summed E-state index contributed by atoms with van der Waals surface area (Å²) in [7, 11) is 1.50. The number of benzene rings is 1. The van der Waals surface area contributed by atoms with E-state index in [9.17, 15) is 24.3 Å². The zero-order valence-electron chi connectivity index (χ0n) is 25.1. The molecule has 0 aromatic heterocycles. The third-order valence-corrected chi connectivity index (χ3v) is 6.58. The summed E-state index contributed by atoms with van der Waals surface area (Å²) in [6.07, 6.45) is 2.02. The van der Waals surface area contributed by atoms with E-state index < -0.39 is 30.0 Å². The SMILES string of the molecule is COc1cc2ccc1OCC(=O)NCCCNCCCCNC(=O)[C@H]([C@@H](C)O)NC(=O)[C@@H](CC(C)C)NC(=O)CC2.Cl. The number of aliphatic hydroxyl groups is 1. The highest BCUT2D eigenvalue weighted by molar-refractivity contribution is 5.92. The Hall–Kier alpha value is -3.09. The topological polar surface area (TPSA) is 167 Å². The van der Waals surface area contributed by atoms with Crippen LogP contribution in [-0.4, -0.2) is 86.8 Å². The molecule has 2 aliphatic heterocycles. The Morgan fingerprint density at radius 2 is 1.60 bits per heavy atom. The van der Waals surface area contributed by atoms with E-state index in [2.05, 4.69) is 26.6 Å². The summed E-state index contributed by atoms with van der Waals surface area (Å²) in [5.74, 6) is -0.598. The fourth-order valence-corrected chi connectivity index (χ4v) is 4.33. The van der Waals surface area contributed by atoms with E-state index >= 15 is 0 Å². The van der Waals surface area contributed by atoms with Gasteiger partial charge in [0.25, 0.3) is 5.91 Å². The molecule has 0 fully saturated rings. The van der Waals surface area contributed by atoms with Crippen LogP contribution >= 0.6 is 12.4 Å². The molecule has 6 N–H and O–H groups in total. The van der Waals surface area contributed by atoms with Crippen LogP contribution in [0.1, 0.15) is 58.4 Å². The van der Waals surface area contributed by atoms with Gasteiger partial charge in [0.2, 0.25) is 17.7 Å². The van der Waals surface area contributed by atoms with Gasteiger partial charge >= 0.3 is 0 Å². The smallest absolute Gasteiger partial charge is 0.257 e. The van der Waals surface area contributed by atoms with Gasteiger partial charge in [-0.25, -0.2) is 0 Å². The third-order valence-electron chi connectivity index (χ3n) is 6.58. The quantitative estimate of drug-likeness (QED) is 0.272. The second-order valence-corrected chi connectivity index (χ2v) is 10.7. The largest absolute Gasteiger partial charge is 0.493 e. The number of methoxy groups -OCH3 is 1. The van der Waals surface area contributed by atoms with Crippen molar-refractivity contribution in [3.8, 4) is 11.5 Å². The zero-order chi connectivity index (χ0) is 30.2. The van der Waals surface area contributed by atoms with Crippen molar-refractivity contribution >= 4 is 36.0 Å². The maximum absolute atomic E-state index is 13.1. The highest BCUT2D eigenvalue weighted by atomic mass is 35.5. The van der Waals surface area contributed by atoms with E-state index in [4.69, 9.17) is 9.47 Å². The number of ether oxygens (including phenoxy) is 2. The van der Waals surface area contributed by atoms with E-state index in [-0.39, 0.29) is 43.2 Å². The maximum atomic E-state index is 13.1. The second-order valence-electron chi connectivity index (χ2n) is 10.7. The molecule has 2 heterocycles. The fourth-order valence-electron chi connectivity index (χ4n) is 4.33. The van der Waals surface area contributed by atoms with Crippen LogP contribution in [0.4, 0.5) is 0 Å². The molecule has 0 saturated heterocycles. The summed E-state index contributed by atoms with van der Waals surface area (Å²) >= 11 is 0. The first-order valence-corrected chi connectivity index (χ1v) is 14.4. The predicted octanol–water partition coefficient (Wildman–Crippen LogP) is 0.831. The molecule has 0 aliphatic carbocycles. The number of amides is 4. The van der Waals surface area contributed by atoms with E-state index in [1.54, 1.807) is 18.2 Å². The van der Waals surface area contributed by atoms with Crippen LogP contribution in [0.15, 0.2) is 18.2 Å². The third kappa shape index (κ3) is 13.7. The molecule has 0 spiro atoms. The molecule has 12 nitrogen and oxygen atoms in total. The van der Waals surface area contributed by atoms with Gasteiger partial charge in [-0.3, -0.25) is 19.2 Å². The molecule has 13 heteroatoms. The molecule has 0 saturated carbocycles. The summed E-state index contributed by atoms with van der Waals surface area (Å²) in [6.45, 7) is 7.54. The minimum atomic E-state index is -1.14. The van der Waals surface area contributed by atoms with Gasteiger partial charge in [-0.15, -0.1) is 12.4 Å². The molecule has 3 atom stereocenters. The Morgan fingerprint density at radius 1 is 0.905 bits per heavy atom. The number of hydrogen-bond acceptors (Lipinski definition) is 8. The molecule has 238 valence electrons. The van der Waals surface area contributed by atoms with E-state index in [0.29, 0.717) is 43.9 Å². The lowest BCUT2D eigenvalue weighted by atomic mass is 10.0. The van der Waals surface area contributed by atoms with Crippen molar-refractivity contribution in [3.63, 3.8) is 0 Å². The Balaban J connectivity index is 0.00000882. The van der Waals surface area contributed by atoms with Gasteiger partial charge in [-0.2, -0.15) is 0 Å². The van der Waals surface area contributed by atoms with Crippen molar-refractivity contribution < 1.29 is 33.8 Å². The molecule has 2 bridgehead atoms. The highest BCUT2D eigenvalue weighted by Crippen LogP contribution is 2.28. The average molecular weight is 614 g/mol. The normalized spacial score (nSPS) is 21.6. The molecule has 42 heavy (non-hydrogen) atoms. The van der Waals surface area contributed by atoms with E-state index in [1.807, 2.05) is 13.8 Å². The van der Waals surface area contributed by atoms with Gasteiger partial charge in [0.15, 0.2) is 18.1 Å². The molecular formula is C29H48ClN5O7. The van der Waals surface area contributed by atoms with E-state index in [1.165, 1.54) is 14.0 Å². The van der Waals surface area contributed by atoms with Crippen molar-refractivity contribution in [3.05, 3.63) is 23.8 Å². The summed E-state index contributed by atoms with van der Waals surface area (Å²) in [6, 6.07) is 3.24. The summed E-state index contributed by atoms with van der Waals surface area (Å²) in [4.78, 5) is 50.9. The maximum Gasteiger partial charge on any atom is 0.257 e. The number of aliphatic hydroxyl groups excluding tert-OH is 1. The van der Waals surface area contributed by atoms with Crippen LogP contribution in [0, 0.1) is 5.92 Å². The van der Waals surface area contributed by atoms with Gasteiger partial charge in [-0.05, 0) is 75.7 Å². The van der Waals surface area contributed by atoms with Crippen LogP contribution in [0.2, 0.25) is 0 Å². The van der Waals surface area contributed by atoms with Crippen LogP contribution in [0.5, 0.6) is 11.5 Å².